The second-order valence-electron chi connectivity index (χ2n) is 2.89. The summed E-state index contributed by atoms with van der Waals surface area (Å²) in [6.07, 6.45) is 0. The molecule has 0 aromatic carbocycles. The van der Waals surface area contributed by atoms with Crippen LogP contribution in [0, 0.1) is 0 Å². The van der Waals surface area contributed by atoms with E-state index >= 15 is 0 Å². The lowest BCUT2D eigenvalue weighted by Crippen LogP contribution is -1.92. The van der Waals surface area contributed by atoms with E-state index in [-0.39, 0.29) is 0 Å². The number of pyridine rings is 1. The first kappa shape index (κ1) is 11.9. The van der Waals surface area contributed by atoms with Crippen molar-refractivity contribution in [2.45, 2.75) is 25.4 Å². The second kappa shape index (κ2) is 7.18. The van der Waals surface area contributed by atoms with Gasteiger partial charge >= 0.3 is 0 Å². The highest BCUT2D eigenvalue weighted by molar-refractivity contribution is 7.98. The van der Waals surface area contributed by atoms with Gasteiger partial charge in [0.25, 0.3) is 0 Å². The topological polar surface area (TPSA) is 12.9 Å². The van der Waals surface area contributed by atoms with Gasteiger partial charge in [0.15, 0.2) is 0 Å². The minimum absolute atomic E-state index is 1.04. The molecule has 0 aliphatic carbocycles. The van der Waals surface area contributed by atoms with Crippen molar-refractivity contribution < 1.29 is 0 Å². The molecule has 0 fully saturated rings. The summed E-state index contributed by atoms with van der Waals surface area (Å²) in [5, 5.41) is 0. The quantitative estimate of drug-likeness (QED) is 0.737. The lowest BCUT2D eigenvalue weighted by molar-refractivity contribution is 1.09. The summed E-state index contributed by atoms with van der Waals surface area (Å²) in [6.45, 7) is 4.36. The van der Waals surface area contributed by atoms with Crippen LogP contribution >= 0.6 is 23.5 Å². The van der Waals surface area contributed by atoms with Gasteiger partial charge in [0, 0.05) is 11.5 Å². The highest BCUT2D eigenvalue weighted by Gasteiger charge is 1.97. The molecule has 1 rings (SSSR count). The van der Waals surface area contributed by atoms with Crippen LogP contribution in [0.5, 0.6) is 0 Å². The predicted molar refractivity (Wildman–Crippen MR) is 67.9 cm³/mol. The average molecular weight is 227 g/mol. The van der Waals surface area contributed by atoms with E-state index in [0.29, 0.717) is 0 Å². The summed E-state index contributed by atoms with van der Waals surface area (Å²) in [6, 6.07) is 6.34. The van der Waals surface area contributed by atoms with Gasteiger partial charge < -0.3 is 0 Å². The molecule has 0 atom stereocenters. The van der Waals surface area contributed by atoms with Gasteiger partial charge in [-0.05, 0) is 23.6 Å². The number of rotatable bonds is 6. The van der Waals surface area contributed by atoms with Crippen molar-refractivity contribution in [3.63, 3.8) is 0 Å². The van der Waals surface area contributed by atoms with E-state index in [1.807, 2.05) is 23.5 Å². The lowest BCUT2D eigenvalue weighted by atomic mass is 10.3. The Kier molecular flexibility index (Phi) is 6.12. The molecule has 3 heteroatoms. The molecular weight excluding hydrogens is 210 g/mol. The molecule has 1 nitrogen and oxygen atoms in total. The summed E-state index contributed by atoms with van der Waals surface area (Å²) in [5.41, 5.74) is 2.43. The molecule has 1 aromatic heterocycles. The minimum atomic E-state index is 1.04. The molecule has 0 N–H and O–H groups in total. The highest BCUT2D eigenvalue weighted by Crippen LogP contribution is 2.13. The summed E-state index contributed by atoms with van der Waals surface area (Å²) in [4.78, 5) is 4.61. The van der Waals surface area contributed by atoms with Gasteiger partial charge in [-0.15, -0.1) is 0 Å². The zero-order valence-corrected chi connectivity index (χ0v) is 10.5. The molecule has 0 radical (unpaired) electrons. The number of nitrogens with zero attached hydrogens (tertiary/aromatic N) is 1. The summed E-state index contributed by atoms with van der Waals surface area (Å²) in [5.74, 6) is 4.41. The maximum absolute atomic E-state index is 4.61. The lowest BCUT2D eigenvalue weighted by Gasteiger charge is -2.02. The van der Waals surface area contributed by atoms with Crippen LogP contribution in [0.3, 0.4) is 0 Å². The van der Waals surface area contributed by atoms with E-state index in [1.54, 1.807) is 0 Å². The maximum Gasteiger partial charge on any atom is 0.0506 e. The monoisotopic (exact) mass is 227 g/mol. The standard InChI is InChI=1S/C11H17NS2/c1-3-13-8-10-6-5-7-11(12-10)9-14-4-2/h5-7H,3-4,8-9H2,1-2H3. The largest absolute Gasteiger partial charge is 0.256 e. The third kappa shape index (κ3) is 4.38. The Morgan fingerprint density at radius 3 is 1.93 bits per heavy atom. The highest BCUT2D eigenvalue weighted by atomic mass is 32.2. The first-order valence-corrected chi connectivity index (χ1v) is 7.28. The molecule has 78 valence electrons. The van der Waals surface area contributed by atoms with Crippen LogP contribution in [-0.2, 0) is 11.5 Å². The van der Waals surface area contributed by atoms with E-state index in [1.165, 1.54) is 11.4 Å². The fourth-order valence-corrected chi connectivity index (χ4v) is 2.25. The Morgan fingerprint density at radius 1 is 1.00 bits per heavy atom. The Bertz CT molecular complexity index is 240. The van der Waals surface area contributed by atoms with Crippen molar-refractivity contribution in [3.05, 3.63) is 29.6 Å². The first-order valence-electron chi connectivity index (χ1n) is 4.97. The minimum Gasteiger partial charge on any atom is -0.256 e. The molecule has 0 saturated heterocycles. The molecule has 14 heavy (non-hydrogen) atoms. The van der Waals surface area contributed by atoms with Gasteiger partial charge in [0.2, 0.25) is 0 Å². The number of hydrogen-bond donors (Lipinski definition) is 0. The Balaban J connectivity index is 2.50. The number of thioether (sulfide) groups is 2. The average Bonchev–Trinajstić information content (AvgIpc) is 2.24. The molecule has 1 heterocycles. The molecule has 0 saturated carbocycles. The van der Waals surface area contributed by atoms with E-state index in [9.17, 15) is 0 Å². The van der Waals surface area contributed by atoms with Gasteiger partial charge in [-0.3, -0.25) is 4.98 Å². The van der Waals surface area contributed by atoms with Crippen LogP contribution in [0.25, 0.3) is 0 Å². The third-order valence-electron chi connectivity index (χ3n) is 1.77. The predicted octanol–water partition coefficient (Wildman–Crippen LogP) is 3.59. The van der Waals surface area contributed by atoms with Crippen molar-refractivity contribution in [2.75, 3.05) is 11.5 Å². The molecule has 0 unspecified atom stereocenters. The Labute approximate surface area is 95.1 Å². The normalized spacial score (nSPS) is 10.4. The zero-order chi connectivity index (χ0) is 10.2. The van der Waals surface area contributed by atoms with Crippen LogP contribution in [-0.4, -0.2) is 16.5 Å². The van der Waals surface area contributed by atoms with Crippen LogP contribution in [0.1, 0.15) is 25.2 Å². The molecule has 0 spiro atoms. The van der Waals surface area contributed by atoms with Crippen LogP contribution in [0.15, 0.2) is 18.2 Å². The van der Waals surface area contributed by atoms with Gasteiger partial charge in [-0.25, -0.2) is 0 Å². The molecular formula is C11H17NS2. The van der Waals surface area contributed by atoms with E-state index in [4.69, 9.17) is 0 Å². The van der Waals surface area contributed by atoms with Crippen molar-refractivity contribution in [1.29, 1.82) is 0 Å². The smallest absolute Gasteiger partial charge is 0.0506 e. The number of aromatic nitrogens is 1. The fraction of sp³-hybridized carbons (Fsp3) is 0.545. The SMILES string of the molecule is CCSCc1cccc(CSCC)n1. The van der Waals surface area contributed by atoms with Gasteiger partial charge in [-0.1, -0.05) is 19.9 Å². The van der Waals surface area contributed by atoms with E-state index < -0.39 is 0 Å². The summed E-state index contributed by atoms with van der Waals surface area (Å²) >= 11 is 3.85. The second-order valence-corrected chi connectivity index (χ2v) is 5.44. The van der Waals surface area contributed by atoms with E-state index in [2.05, 4.69) is 37.0 Å². The molecule has 0 aliphatic heterocycles. The molecule has 1 aromatic rings. The van der Waals surface area contributed by atoms with Crippen molar-refractivity contribution >= 4 is 23.5 Å². The molecule has 0 aliphatic rings. The molecule has 0 amide bonds. The van der Waals surface area contributed by atoms with E-state index in [0.717, 1.165) is 23.0 Å². The third-order valence-corrected chi connectivity index (χ3v) is 3.59. The van der Waals surface area contributed by atoms with Crippen LogP contribution < -0.4 is 0 Å². The molecule has 0 bridgehead atoms. The zero-order valence-electron chi connectivity index (χ0n) is 8.82. The summed E-state index contributed by atoms with van der Waals surface area (Å²) in [7, 11) is 0. The van der Waals surface area contributed by atoms with Crippen molar-refractivity contribution in [2.24, 2.45) is 0 Å². The fourth-order valence-electron chi connectivity index (χ4n) is 1.10. The first-order chi connectivity index (χ1) is 6.86. The van der Waals surface area contributed by atoms with Gasteiger partial charge in [0.1, 0.15) is 0 Å². The number of hydrogen-bond acceptors (Lipinski definition) is 3. The van der Waals surface area contributed by atoms with Gasteiger partial charge in [0.05, 0.1) is 11.4 Å². The van der Waals surface area contributed by atoms with Crippen LogP contribution in [0.4, 0.5) is 0 Å². The van der Waals surface area contributed by atoms with Crippen LogP contribution in [0.2, 0.25) is 0 Å². The Hall–Kier alpha value is -0.150. The Morgan fingerprint density at radius 2 is 1.50 bits per heavy atom. The van der Waals surface area contributed by atoms with Gasteiger partial charge in [-0.2, -0.15) is 23.5 Å². The maximum atomic E-state index is 4.61. The summed E-state index contributed by atoms with van der Waals surface area (Å²) < 4.78 is 0. The van der Waals surface area contributed by atoms with Crippen molar-refractivity contribution in [1.82, 2.24) is 4.98 Å². The van der Waals surface area contributed by atoms with Crippen molar-refractivity contribution in [3.8, 4) is 0 Å².